The van der Waals surface area contributed by atoms with E-state index >= 15 is 0 Å². The third-order valence-corrected chi connectivity index (χ3v) is 3.34. The Balaban J connectivity index is 2.99. The Hall–Kier alpha value is -1.83. The van der Waals surface area contributed by atoms with Crippen molar-refractivity contribution in [3.63, 3.8) is 0 Å². The fourth-order valence-electron chi connectivity index (χ4n) is 2.24. The number of hydrogen-bond donors (Lipinski definition) is 1. The van der Waals surface area contributed by atoms with Crippen molar-refractivity contribution < 1.29 is 9.53 Å². The van der Waals surface area contributed by atoms with Crippen LogP contribution in [0.1, 0.15) is 35.3 Å². The van der Waals surface area contributed by atoms with Crippen molar-refractivity contribution in [1.29, 1.82) is 0 Å². The molecule has 0 spiro atoms. The van der Waals surface area contributed by atoms with Crippen LogP contribution in [0.3, 0.4) is 0 Å². The highest BCUT2D eigenvalue weighted by Gasteiger charge is 2.20. The molecule has 0 aliphatic carbocycles. The fraction of sp³-hybridized carbons (Fsp3) is 0.471. The van der Waals surface area contributed by atoms with Crippen LogP contribution in [0, 0.1) is 18.8 Å². The third kappa shape index (κ3) is 4.59. The second-order valence-corrected chi connectivity index (χ2v) is 4.93. The van der Waals surface area contributed by atoms with Gasteiger partial charge < -0.3 is 15.4 Å². The predicted octanol–water partition coefficient (Wildman–Crippen LogP) is 1.80. The molecule has 4 heteroatoms. The van der Waals surface area contributed by atoms with Crippen LogP contribution < -0.4 is 5.73 Å². The maximum Gasteiger partial charge on any atom is 0.254 e. The number of aryl methyl sites for hydroxylation is 1. The first-order valence-corrected chi connectivity index (χ1v) is 7.14. The standard InChI is InChI=1S/C17H24N2O2/c1-5-19(14(3)12-21-4)17(20)16-9-8-15(7-6-10-18)13(2)11-16/h8-9,11,14H,5,10,12,18H2,1-4H3. The number of carbonyl (C=O) groups excluding carboxylic acids is 1. The normalized spacial score (nSPS) is 11.5. The molecule has 1 rings (SSSR count). The van der Waals surface area contributed by atoms with Crippen LogP contribution in [-0.2, 0) is 4.74 Å². The Morgan fingerprint density at radius 3 is 2.71 bits per heavy atom. The zero-order valence-electron chi connectivity index (χ0n) is 13.3. The predicted molar refractivity (Wildman–Crippen MR) is 85.2 cm³/mol. The SMILES string of the molecule is CCN(C(=O)c1ccc(C#CCN)c(C)c1)C(C)COC. The second kappa shape index (κ2) is 8.46. The van der Waals surface area contributed by atoms with Crippen molar-refractivity contribution in [3.05, 3.63) is 34.9 Å². The summed E-state index contributed by atoms with van der Waals surface area (Å²) >= 11 is 0. The molecule has 0 aliphatic rings. The van der Waals surface area contributed by atoms with Crippen molar-refractivity contribution in [2.75, 3.05) is 26.8 Å². The quantitative estimate of drug-likeness (QED) is 0.841. The Morgan fingerprint density at radius 1 is 1.48 bits per heavy atom. The summed E-state index contributed by atoms with van der Waals surface area (Å²) in [5, 5.41) is 0. The summed E-state index contributed by atoms with van der Waals surface area (Å²) in [5.74, 6) is 5.85. The fourth-order valence-corrected chi connectivity index (χ4v) is 2.24. The minimum absolute atomic E-state index is 0.0171. The van der Waals surface area contributed by atoms with Crippen molar-refractivity contribution in [1.82, 2.24) is 4.90 Å². The molecule has 1 aromatic rings. The van der Waals surface area contributed by atoms with Crippen LogP contribution in [-0.4, -0.2) is 43.7 Å². The molecule has 0 heterocycles. The molecular formula is C17H24N2O2. The molecule has 1 aromatic carbocycles. The summed E-state index contributed by atoms with van der Waals surface area (Å²) in [6.45, 7) is 7.41. The molecule has 1 unspecified atom stereocenters. The van der Waals surface area contributed by atoms with E-state index in [4.69, 9.17) is 10.5 Å². The van der Waals surface area contributed by atoms with E-state index in [2.05, 4.69) is 11.8 Å². The molecule has 0 aromatic heterocycles. The molecule has 2 N–H and O–H groups in total. The van der Waals surface area contributed by atoms with Gasteiger partial charge in [0.25, 0.3) is 5.91 Å². The molecule has 1 amide bonds. The molecule has 0 radical (unpaired) electrons. The Kier molecular flexibility index (Phi) is 6.93. The van der Waals surface area contributed by atoms with Crippen LogP contribution in [0.5, 0.6) is 0 Å². The summed E-state index contributed by atoms with van der Waals surface area (Å²) in [6, 6.07) is 5.62. The molecule has 0 bridgehead atoms. The minimum atomic E-state index is 0.0171. The lowest BCUT2D eigenvalue weighted by molar-refractivity contribution is 0.0579. The van der Waals surface area contributed by atoms with E-state index in [1.165, 1.54) is 0 Å². The number of rotatable bonds is 5. The third-order valence-electron chi connectivity index (χ3n) is 3.34. The molecule has 4 nitrogen and oxygen atoms in total. The summed E-state index contributed by atoms with van der Waals surface area (Å²) in [6.07, 6.45) is 0. The van der Waals surface area contributed by atoms with Gasteiger partial charge in [0.2, 0.25) is 0 Å². The molecule has 0 fully saturated rings. The van der Waals surface area contributed by atoms with E-state index in [1.54, 1.807) is 7.11 Å². The van der Waals surface area contributed by atoms with Crippen molar-refractivity contribution in [2.45, 2.75) is 26.8 Å². The van der Waals surface area contributed by atoms with Crippen molar-refractivity contribution in [3.8, 4) is 11.8 Å². The molecular weight excluding hydrogens is 264 g/mol. The molecule has 0 saturated heterocycles. The van der Waals surface area contributed by atoms with Gasteiger partial charge in [0.15, 0.2) is 0 Å². The van der Waals surface area contributed by atoms with E-state index < -0.39 is 0 Å². The van der Waals surface area contributed by atoms with Gasteiger partial charge in [0.1, 0.15) is 0 Å². The van der Waals surface area contributed by atoms with Gasteiger partial charge in [-0.15, -0.1) is 0 Å². The summed E-state index contributed by atoms with van der Waals surface area (Å²) < 4.78 is 5.14. The number of benzene rings is 1. The topological polar surface area (TPSA) is 55.6 Å². The average Bonchev–Trinajstić information content (AvgIpc) is 2.46. The highest BCUT2D eigenvalue weighted by atomic mass is 16.5. The van der Waals surface area contributed by atoms with Gasteiger partial charge in [0, 0.05) is 24.8 Å². The van der Waals surface area contributed by atoms with E-state index in [0.29, 0.717) is 25.3 Å². The first kappa shape index (κ1) is 17.2. The molecule has 21 heavy (non-hydrogen) atoms. The van der Waals surface area contributed by atoms with Crippen molar-refractivity contribution in [2.24, 2.45) is 5.73 Å². The Morgan fingerprint density at radius 2 is 2.19 bits per heavy atom. The monoisotopic (exact) mass is 288 g/mol. The van der Waals surface area contributed by atoms with Crippen molar-refractivity contribution >= 4 is 5.91 Å². The average molecular weight is 288 g/mol. The zero-order chi connectivity index (χ0) is 15.8. The zero-order valence-corrected chi connectivity index (χ0v) is 13.3. The molecule has 1 atom stereocenters. The smallest absolute Gasteiger partial charge is 0.254 e. The lowest BCUT2D eigenvalue weighted by Gasteiger charge is -2.27. The second-order valence-electron chi connectivity index (χ2n) is 4.93. The highest BCUT2D eigenvalue weighted by Crippen LogP contribution is 2.14. The van der Waals surface area contributed by atoms with E-state index in [0.717, 1.165) is 11.1 Å². The molecule has 114 valence electrons. The van der Waals surface area contributed by atoms with Crippen LogP contribution >= 0.6 is 0 Å². The van der Waals surface area contributed by atoms with Gasteiger partial charge in [-0.25, -0.2) is 0 Å². The number of hydrogen-bond acceptors (Lipinski definition) is 3. The maximum absolute atomic E-state index is 12.6. The summed E-state index contributed by atoms with van der Waals surface area (Å²) in [4.78, 5) is 14.4. The number of carbonyl (C=O) groups is 1. The summed E-state index contributed by atoms with van der Waals surface area (Å²) in [5.41, 5.74) is 7.95. The highest BCUT2D eigenvalue weighted by molar-refractivity contribution is 5.94. The van der Waals surface area contributed by atoms with Crippen LogP contribution in [0.15, 0.2) is 18.2 Å². The van der Waals surface area contributed by atoms with E-state index in [9.17, 15) is 4.79 Å². The Labute approximate surface area is 127 Å². The summed E-state index contributed by atoms with van der Waals surface area (Å²) in [7, 11) is 1.64. The minimum Gasteiger partial charge on any atom is -0.383 e. The van der Waals surface area contributed by atoms with E-state index in [-0.39, 0.29) is 11.9 Å². The van der Waals surface area contributed by atoms with Crippen LogP contribution in [0.25, 0.3) is 0 Å². The van der Waals surface area contributed by atoms with Gasteiger partial charge in [-0.3, -0.25) is 4.79 Å². The number of nitrogens with two attached hydrogens (primary N) is 1. The first-order valence-electron chi connectivity index (χ1n) is 7.14. The first-order chi connectivity index (χ1) is 10.0. The maximum atomic E-state index is 12.6. The molecule has 0 saturated carbocycles. The van der Waals surface area contributed by atoms with Gasteiger partial charge in [-0.1, -0.05) is 11.8 Å². The van der Waals surface area contributed by atoms with Gasteiger partial charge >= 0.3 is 0 Å². The van der Waals surface area contributed by atoms with E-state index in [1.807, 2.05) is 43.9 Å². The lowest BCUT2D eigenvalue weighted by Crippen LogP contribution is -2.40. The van der Waals surface area contributed by atoms with Crippen LogP contribution in [0.4, 0.5) is 0 Å². The lowest BCUT2D eigenvalue weighted by atomic mass is 10.0. The number of nitrogens with zero attached hydrogens (tertiary/aromatic N) is 1. The van der Waals surface area contributed by atoms with Gasteiger partial charge in [-0.2, -0.15) is 0 Å². The van der Waals surface area contributed by atoms with Crippen LogP contribution in [0.2, 0.25) is 0 Å². The number of likely N-dealkylation sites (N-methyl/N-ethyl adjacent to an activating group) is 1. The number of amides is 1. The van der Waals surface area contributed by atoms with Gasteiger partial charge in [0.05, 0.1) is 19.2 Å². The number of methoxy groups -OCH3 is 1. The number of ether oxygens (including phenoxy) is 1. The van der Waals surface area contributed by atoms with Gasteiger partial charge in [-0.05, 0) is 44.5 Å². The largest absolute Gasteiger partial charge is 0.383 e. The Bertz CT molecular complexity index is 543. The molecule has 0 aliphatic heterocycles.